The number of rotatable bonds is 7. The molecule has 84 valence electrons. The first-order valence-electron chi connectivity index (χ1n) is 5.70. The van der Waals surface area contributed by atoms with Gasteiger partial charge in [-0.05, 0) is 6.42 Å². The van der Waals surface area contributed by atoms with Crippen LogP contribution in [-0.4, -0.2) is 18.9 Å². The number of aliphatic imine (C=N–C) groups is 1. The highest BCUT2D eigenvalue weighted by atomic mass is 35.5. The van der Waals surface area contributed by atoms with Crippen LogP contribution in [0.4, 0.5) is 0 Å². The molecule has 0 aromatic rings. The molecule has 1 aliphatic heterocycles. The maximum absolute atomic E-state index is 4.38. The lowest BCUT2D eigenvalue weighted by Gasteiger charge is -2.01. The van der Waals surface area contributed by atoms with Crippen LogP contribution in [0.1, 0.15) is 51.9 Å². The van der Waals surface area contributed by atoms with Crippen LogP contribution in [0.5, 0.6) is 0 Å². The molecule has 0 fully saturated rings. The summed E-state index contributed by atoms with van der Waals surface area (Å²) < 4.78 is 0. The fourth-order valence-corrected chi connectivity index (χ4v) is 1.69. The predicted octanol–water partition coefficient (Wildman–Crippen LogP) is 3.16. The molecule has 0 saturated heterocycles. The van der Waals surface area contributed by atoms with E-state index in [2.05, 4.69) is 17.2 Å². The van der Waals surface area contributed by atoms with Crippen LogP contribution < -0.4 is 5.32 Å². The van der Waals surface area contributed by atoms with Crippen LogP contribution in [-0.2, 0) is 0 Å². The molecule has 1 N–H and O–H groups in total. The van der Waals surface area contributed by atoms with E-state index in [1.807, 2.05) is 0 Å². The van der Waals surface area contributed by atoms with Gasteiger partial charge < -0.3 is 5.32 Å². The van der Waals surface area contributed by atoms with Crippen molar-refractivity contribution in [2.24, 2.45) is 4.99 Å². The molecule has 0 aromatic carbocycles. The molecule has 0 aromatic heterocycles. The van der Waals surface area contributed by atoms with Crippen molar-refractivity contribution in [3.05, 3.63) is 0 Å². The van der Waals surface area contributed by atoms with E-state index in [0.29, 0.717) is 0 Å². The second kappa shape index (κ2) is 9.32. The van der Waals surface area contributed by atoms with Gasteiger partial charge in [0.15, 0.2) is 0 Å². The van der Waals surface area contributed by atoms with Gasteiger partial charge in [-0.3, -0.25) is 4.99 Å². The monoisotopic (exact) mass is 218 g/mol. The maximum atomic E-state index is 4.38. The summed E-state index contributed by atoms with van der Waals surface area (Å²) in [5, 5.41) is 3.31. The van der Waals surface area contributed by atoms with Crippen molar-refractivity contribution in [2.75, 3.05) is 13.1 Å². The number of hydrogen-bond acceptors (Lipinski definition) is 2. The Morgan fingerprint density at radius 2 is 1.86 bits per heavy atom. The Kier molecular flexibility index (Phi) is 9.16. The lowest BCUT2D eigenvalue weighted by atomic mass is 10.1. The minimum atomic E-state index is 0. The predicted molar refractivity (Wildman–Crippen MR) is 65.5 cm³/mol. The first kappa shape index (κ1) is 13.8. The first-order valence-corrected chi connectivity index (χ1v) is 5.70. The summed E-state index contributed by atoms with van der Waals surface area (Å²) in [5.74, 6) is 1.25. The lowest BCUT2D eigenvalue weighted by Crippen LogP contribution is -2.17. The van der Waals surface area contributed by atoms with Crippen molar-refractivity contribution in [3.8, 4) is 0 Å². The standard InChI is InChI=1S/C11H22N2.ClH/c1-2-3-4-5-6-7-8-11-12-9-10-13-11;/h2-10H2,1H3,(H,12,13);1H. The quantitative estimate of drug-likeness (QED) is 0.653. The van der Waals surface area contributed by atoms with Crippen molar-refractivity contribution in [2.45, 2.75) is 51.9 Å². The Labute approximate surface area is 94.0 Å². The number of nitrogens with zero attached hydrogens (tertiary/aromatic N) is 1. The lowest BCUT2D eigenvalue weighted by molar-refractivity contribution is 0.614. The van der Waals surface area contributed by atoms with Crippen LogP contribution in [0, 0.1) is 0 Å². The van der Waals surface area contributed by atoms with E-state index in [0.717, 1.165) is 13.1 Å². The van der Waals surface area contributed by atoms with E-state index in [-0.39, 0.29) is 12.4 Å². The number of unbranched alkanes of at least 4 members (excludes halogenated alkanes) is 5. The van der Waals surface area contributed by atoms with Crippen molar-refractivity contribution in [1.82, 2.24) is 5.32 Å². The van der Waals surface area contributed by atoms with Crippen molar-refractivity contribution >= 4 is 18.2 Å². The molecule has 1 heterocycles. The summed E-state index contributed by atoms with van der Waals surface area (Å²) in [6, 6.07) is 0. The van der Waals surface area contributed by atoms with Gasteiger partial charge in [-0.1, -0.05) is 39.0 Å². The molecule has 14 heavy (non-hydrogen) atoms. The Balaban J connectivity index is 0.00000169. The normalized spacial score (nSPS) is 14.5. The first-order chi connectivity index (χ1) is 6.43. The second-order valence-corrected chi connectivity index (χ2v) is 3.77. The fraction of sp³-hybridized carbons (Fsp3) is 0.909. The third-order valence-corrected chi connectivity index (χ3v) is 2.51. The zero-order chi connectivity index (χ0) is 9.36. The summed E-state index contributed by atoms with van der Waals surface area (Å²) in [5.41, 5.74) is 0. The fourth-order valence-electron chi connectivity index (χ4n) is 1.69. The zero-order valence-corrected chi connectivity index (χ0v) is 10.0. The average Bonchev–Trinajstić information content (AvgIpc) is 2.63. The zero-order valence-electron chi connectivity index (χ0n) is 9.22. The Hall–Kier alpha value is -0.240. The van der Waals surface area contributed by atoms with E-state index in [9.17, 15) is 0 Å². The van der Waals surface area contributed by atoms with Gasteiger partial charge in [-0.15, -0.1) is 12.4 Å². The molecular weight excluding hydrogens is 196 g/mol. The van der Waals surface area contributed by atoms with Gasteiger partial charge in [-0.2, -0.15) is 0 Å². The second-order valence-electron chi connectivity index (χ2n) is 3.77. The highest BCUT2D eigenvalue weighted by Gasteiger charge is 2.03. The summed E-state index contributed by atoms with van der Waals surface area (Å²) >= 11 is 0. The molecule has 0 bridgehead atoms. The van der Waals surface area contributed by atoms with E-state index in [1.54, 1.807) is 0 Å². The van der Waals surface area contributed by atoms with Gasteiger partial charge in [0.05, 0.1) is 12.4 Å². The molecule has 0 unspecified atom stereocenters. The van der Waals surface area contributed by atoms with Crippen LogP contribution in [0.3, 0.4) is 0 Å². The van der Waals surface area contributed by atoms with Gasteiger partial charge in [-0.25, -0.2) is 0 Å². The molecule has 0 aliphatic carbocycles. The SMILES string of the molecule is CCCCCCCCC1=NCCN1.Cl. The van der Waals surface area contributed by atoms with E-state index in [1.165, 1.54) is 50.8 Å². The van der Waals surface area contributed by atoms with E-state index >= 15 is 0 Å². The van der Waals surface area contributed by atoms with E-state index in [4.69, 9.17) is 0 Å². The third kappa shape index (κ3) is 6.25. The van der Waals surface area contributed by atoms with Gasteiger partial charge >= 0.3 is 0 Å². The van der Waals surface area contributed by atoms with Gasteiger partial charge in [0, 0.05) is 13.0 Å². The molecule has 1 aliphatic rings. The van der Waals surface area contributed by atoms with Crippen LogP contribution >= 0.6 is 12.4 Å². The Morgan fingerprint density at radius 3 is 2.50 bits per heavy atom. The minimum absolute atomic E-state index is 0. The summed E-state index contributed by atoms with van der Waals surface area (Å²) in [4.78, 5) is 4.38. The highest BCUT2D eigenvalue weighted by Crippen LogP contribution is 2.07. The van der Waals surface area contributed by atoms with Gasteiger partial charge in [0.25, 0.3) is 0 Å². The summed E-state index contributed by atoms with van der Waals surface area (Å²) in [6.45, 7) is 4.31. The Morgan fingerprint density at radius 1 is 1.14 bits per heavy atom. The van der Waals surface area contributed by atoms with Crippen LogP contribution in [0.15, 0.2) is 4.99 Å². The minimum Gasteiger partial charge on any atom is -0.372 e. The molecule has 0 atom stereocenters. The van der Waals surface area contributed by atoms with E-state index < -0.39 is 0 Å². The molecule has 2 nitrogen and oxygen atoms in total. The van der Waals surface area contributed by atoms with Gasteiger partial charge in [0.1, 0.15) is 0 Å². The largest absolute Gasteiger partial charge is 0.372 e. The van der Waals surface area contributed by atoms with Crippen molar-refractivity contribution in [1.29, 1.82) is 0 Å². The van der Waals surface area contributed by atoms with Gasteiger partial charge in [0.2, 0.25) is 0 Å². The summed E-state index contributed by atoms with van der Waals surface area (Å²) in [6.07, 6.45) is 9.42. The number of amidine groups is 1. The maximum Gasteiger partial charge on any atom is 0.0964 e. The topological polar surface area (TPSA) is 24.4 Å². The molecule has 0 spiro atoms. The summed E-state index contributed by atoms with van der Waals surface area (Å²) in [7, 11) is 0. The molecule has 0 radical (unpaired) electrons. The number of nitrogens with one attached hydrogen (secondary N) is 1. The van der Waals surface area contributed by atoms with Crippen molar-refractivity contribution < 1.29 is 0 Å². The average molecular weight is 219 g/mol. The Bertz CT molecular complexity index is 157. The van der Waals surface area contributed by atoms with Crippen LogP contribution in [0.25, 0.3) is 0 Å². The molecule has 0 saturated carbocycles. The highest BCUT2D eigenvalue weighted by molar-refractivity contribution is 5.85. The molecular formula is C11H23ClN2. The third-order valence-electron chi connectivity index (χ3n) is 2.51. The molecule has 1 rings (SSSR count). The van der Waals surface area contributed by atoms with Crippen LogP contribution in [0.2, 0.25) is 0 Å². The number of hydrogen-bond donors (Lipinski definition) is 1. The molecule has 0 amide bonds. The smallest absolute Gasteiger partial charge is 0.0964 e. The molecule has 3 heteroatoms. The van der Waals surface area contributed by atoms with Crippen molar-refractivity contribution in [3.63, 3.8) is 0 Å². The number of halogens is 1.